The van der Waals surface area contributed by atoms with Gasteiger partial charge in [0.15, 0.2) is 6.61 Å². The van der Waals surface area contributed by atoms with E-state index in [9.17, 15) is 13.2 Å². The molecule has 1 N–H and O–H groups in total. The Balaban J connectivity index is 1.59. The van der Waals surface area contributed by atoms with E-state index in [1.165, 1.54) is 16.4 Å². The minimum atomic E-state index is -3.48. The van der Waals surface area contributed by atoms with Crippen LogP contribution in [0.1, 0.15) is 24.8 Å². The molecular formula is C20H23ClN2O4S. The molecule has 1 saturated heterocycles. The van der Waals surface area contributed by atoms with Crippen LogP contribution in [0.15, 0.2) is 47.4 Å². The lowest BCUT2D eigenvalue weighted by atomic mass is 10.2. The van der Waals surface area contributed by atoms with Crippen LogP contribution in [-0.4, -0.2) is 38.3 Å². The molecule has 1 amide bonds. The highest BCUT2D eigenvalue weighted by Crippen LogP contribution is 2.25. The standard InChI is InChI=1S/C20H23ClN2O4S/c1-15-5-10-18(21)19(13-15)27-14-20(24)22-16-6-8-17(9-7-16)28(25,26)23-11-3-2-4-12-23/h5-10,13H,2-4,11-12,14H2,1H3,(H,22,24). The first-order valence-electron chi connectivity index (χ1n) is 9.15. The van der Waals surface area contributed by atoms with Crippen molar-refractivity contribution in [2.75, 3.05) is 25.0 Å². The maximum Gasteiger partial charge on any atom is 0.262 e. The fraction of sp³-hybridized carbons (Fsp3) is 0.350. The van der Waals surface area contributed by atoms with Crippen molar-refractivity contribution in [3.63, 3.8) is 0 Å². The van der Waals surface area contributed by atoms with Crippen molar-refractivity contribution >= 4 is 33.2 Å². The number of ether oxygens (including phenoxy) is 1. The second kappa shape index (κ2) is 8.94. The van der Waals surface area contributed by atoms with Crippen LogP contribution in [0.25, 0.3) is 0 Å². The smallest absolute Gasteiger partial charge is 0.262 e. The third-order valence-electron chi connectivity index (χ3n) is 4.54. The van der Waals surface area contributed by atoms with E-state index in [2.05, 4.69) is 5.32 Å². The van der Waals surface area contributed by atoms with E-state index in [-0.39, 0.29) is 17.4 Å². The highest BCUT2D eigenvalue weighted by molar-refractivity contribution is 7.89. The molecule has 2 aromatic carbocycles. The Kier molecular flexibility index (Phi) is 6.59. The molecule has 8 heteroatoms. The van der Waals surface area contributed by atoms with E-state index in [1.54, 1.807) is 24.3 Å². The second-order valence-electron chi connectivity index (χ2n) is 6.76. The normalized spacial score (nSPS) is 15.2. The summed E-state index contributed by atoms with van der Waals surface area (Å²) in [5.74, 6) is 0.0870. The van der Waals surface area contributed by atoms with Gasteiger partial charge in [-0.2, -0.15) is 4.31 Å². The van der Waals surface area contributed by atoms with Gasteiger partial charge in [-0.1, -0.05) is 24.1 Å². The highest BCUT2D eigenvalue weighted by Gasteiger charge is 2.25. The predicted molar refractivity (Wildman–Crippen MR) is 109 cm³/mol. The first kappa shape index (κ1) is 20.6. The van der Waals surface area contributed by atoms with Crippen LogP contribution in [0.3, 0.4) is 0 Å². The van der Waals surface area contributed by atoms with E-state index < -0.39 is 10.0 Å². The predicted octanol–water partition coefficient (Wildman–Crippen LogP) is 3.84. The lowest BCUT2D eigenvalue weighted by molar-refractivity contribution is -0.118. The van der Waals surface area contributed by atoms with E-state index in [4.69, 9.17) is 16.3 Å². The third kappa shape index (κ3) is 5.04. The van der Waals surface area contributed by atoms with Crippen molar-refractivity contribution in [3.05, 3.63) is 53.1 Å². The van der Waals surface area contributed by atoms with Gasteiger partial charge in [0.05, 0.1) is 9.92 Å². The molecule has 3 rings (SSSR count). The first-order chi connectivity index (χ1) is 13.4. The van der Waals surface area contributed by atoms with Crippen LogP contribution in [0.2, 0.25) is 5.02 Å². The number of anilines is 1. The molecule has 0 saturated carbocycles. The van der Waals surface area contributed by atoms with Gasteiger partial charge in [-0.3, -0.25) is 4.79 Å². The monoisotopic (exact) mass is 422 g/mol. The first-order valence-corrected chi connectivity index (χ1v) is 11.0. The van der Waals surface area contributed by atoms with Gasteiger partial charge >= 0.3 is 0 Å². The van der Waals surface area contributed by atoms with Gasteiger partial charge in [0.2, 0.25) is 10.0 Å². The summed E-state index contributed by atoms with van der Waals surface area (Å²) in [5, 5.41) is 3.12. The molecule has 0 spiro atoms. The Hall–Kier alpha value is -2.09. The molecule has 1 heterocycles. The third-order valence-corrected chi connectivity index (χ3v) is 6.76. The molecule has 28 heavy (non-hydrogen) atoms. The Morgan fingerprint density at radius 1 is 1.11 bits per heavy atom. The maximum atomic E-state index is 12.6. The van der Waals surface area contributed by atoms with Crippen LogP contribution in [-0.2, 0) is 14.8 Å². The van der Waals surface area contributed by atoms with E-state index in [1.807, 2.05) is 13.0 Å². The summed E-state index contributed by atoms with van der Waals surface area (Å²) in [6.45, 7) is 2.82. The molecule has 6 nitrogen and oxygen atoms in total. The number of nitrogens with one attached hydrogen (secondary N) is 1. The topological polar surface area (TPSA) is 75.7 Å². The zero-order valence-electron chi connectivity index (χ0n) is 15.7. The molecule has 0 radical (unpaired) electrons. The highest BCUT2D eigenvalue weighted by atomic mass is 35.5. The van der Waals surface area contributed by atoms with Gasteiger partial charge in [0, 0.05) is 18.8 Å². The molecular weight excluding hydrogens is 400 g/mol. The van der Waals surface area contributed by atoms with Crippen molar-refractivity contribution < 1.29 is 17.9 Å². The number of rotatable bonds is 6. The zero-order chi connectivity index (χ0) is 20.1. The average molecular weight is 423 g/mol. The molecule has 0 aromatic heterocycles. The Morgan fingerprint density at radius 2 is 1.79 bits per heavy atom. The van der Waals surface area contributed by atoms with Gasteiger partial charge in [-0.05, 0) is 61.7 Å². The van der Waals surface area contributed by atoms with Crippen molar-refractivity contribution in [1.82, 2.24) is 4.31 Å². The Labute approximate surface area is 170 Å². The fourth-order valence-electron chi connectivity index (χ4n) is 3.03. The van der Waals surface area contributed by atoms with Gasteiger partial charge in [0.1, 0.15) is 5.75 Å². The molecule has 2 aromatic rings. The number of carbonyl (C=O) groups excluding carboxylic acids is 1. The number of sulfonamides is 1. The molecule has 150 valence electrons. The van der Waals surface area contributed by atoms with Gasteiger partial charge in [-0.15, -0.1) is 0 Å². The molecule has 1 aliphatic rings. The largest absolute Gasteiger partial charge is 0.482 e. The van der Waals surface area contributed by atoms with Crippen LogP contribution in [0.4, 0.5) is 5.69 Å². The summed E-state index contributed by atoms with van der Waals surface area (Å²) in [6, 6.07) is 11.5. The number of amides is 1. The summed E-state index contributed by atoms with van der Waals surface area (Å²) >= 11 is 6.05. The number of piperidine rings is 1. The van der Waals surface area contributed by atoms with Gasteiger partial charge < -0.3 is 10.1 Å². The second-order valence-corrected chi connectivity index (χ2v) is 9.10. The molecule has 1 fully saturated rings. The molecule has 1 aliphatic heterocycles. The minimum Gasteiger partial charge on any atom is -0.482 e. The lowest BCUT2D eigenvalue weighted by Crippen LogP contribution is -2.35. The maximum absolute atomic E-state index is 12.6. The quantitative estimate of drug-likeness (QED) is 0.767. The number of carbonyl (C=O) groups is 1. The summed E-state index contributed by atoms with van der Waals surface area (Å²) < 4.78 is 32.3. The Bertz CT molecular complexity index is 939. The van der Waals surface area contributed by atoms with E-state index in [0.717, 1.165) is 24.8 Å². The molecule has 0 atom stereocenters. The average Bonchev–Trinajstić information content (AvgIpc) is 2.70. The lowest BCUT2D eigenvalue weighted by Gasteiger charge is -2.25. The number of benzene rings is 2. The fourth-order valence-corrected chi connectivity index (χ4v) is 4.72. The van der Waals surface area contributed by atoms with Crippen molar-refractivity contribution in [2.24, 2.45) is 0 Å². The van der Waals surface area contributed by atoms with Crippen LogP contribution in [0, 0.1) is 6.92 Å². The van der Waals surface area contributed by atoms with Crippen molar-refractivity contribution in [1.29, 1.82) is 0 Å². The molecule has 0 aliphatic carbocycles. The summed E-state index contributed by atoms with van der Waals surface area (Å²) in [6.07, 6.45) is 2.84. The van der Waals surface area contributed by atoms with Crippen LogP contribution < -0.4 is 10.1 Å². The number of hydrogen-bond acceptors (Lipinski definition) is 4. The summed E-state index contributed by atoms with van der Waals surface area (Å²) in [5.41, 5.74) is 1.48. The summed E-state index contributed by atoms with van der Waals surface area (Å²) in [7, 11) is -3.48. The van der Waals surface area contributed by atoms with Crippen LogP contribution >= 0.6 is 11.6 Å². The van der Waals surface area contributed by atoms with E-state index >= 15 is 0 Å². The van der Waals surface area contributed by atoms with Crippen molar-refractivity contribution in [2.45, 2.75) is 31.1 Å². The van der Waals surface area contributed by atoms with Crippen LogP contribution in [0.5, 0.6) is 5.75 Å². The zero-order valence-corrected chi connectivity index (χ0v) is 17.2. The van der Waals surface area contributed by atoms with Gasteiger partial charge in [0.25, 0.3) is 5.91 Å². The van der Waals surface area contributed by atoms with Crippen molar-refractivity contribution in [3.8, 4) is 5.75 Å². The minimum absolute atomic E-state index is 0.197. The summed E-state index contributed by atoms with van der Waals surface area (Å²) in [4.78, 5) is 12.3. The molecule has 0 unspecified atom stereocenters. The number of aryl methyl sites for hydroxylation is 1. The van der Waals surface area contributed by atoms with E-state index in [0.29, 0.717) is 29.5 Å². The number of hydrogen-bond donors (Lipinski definition) is 1. The number of halogens is 1. The Morgan fingerprint density at radius 3 is 2.46 bits per heavy atom. The number of nitrogens with zero attached hydrogens (tertiary/aromatic N) is 1. The molecule has 0 bridgehead atoms. The SMILES string of the molecule is Cc1ccc(Cl)c(OCC(=O)Nc2ccc(S(=O)(=O)N3CCCCC3)cc2)c1. The van der Waals surface area contributed by atoms with Gasteiger partial charge in [-0.25, -0.2) is 8.42 Å².